The second-order valence-electron chi connectivity index (χ2n) is 5.37. The monoisotopic (exact) mass is 290 g/mol. The average molecular weight is 290 g/mol. The van der Waals surface area contributed by atoms with E-state index < -0.39 is 0 Å². The van der Waals surface area contributed by atoms with E-state index in [1.54, 1.807) is 0 Å². The first-order valence-electron chi connectivity index (χ1n) is 7.30. The van der Waals surface area contributed by atoms with Crippen LogP contribution >= 0.6 is 0 Å². The highest BCUT2D eigenvalue weighted by Gasteiger charge is 2.10. The van der Waals surface area contributed by atoms with Gasteiger partial charge in [0, 0.05) is 18.7 Å². The molecule has 0 aliphatic rings. The van der Waals surface area contributed by atoms with Crippen LogP contribution in [0.3, 0.4) is 0 Å². The molecule has 0 saturated carbocycles. The van der Waals surface area contributed by atoms with Gasteiger partial charge in [-0.05, 0) is 44.3 Å². The quantitative estimate of drug-likeness (QED) is 0.846. The number of aryl methyl sites for hydroxylation is 1. The summed E-state index contributed by atoms with van der Waals surface area (Å²) >= 11 is 0. The van der Waals surface area contributed by atoms with E-state index >= 15 is 0 Å². The van der Waals surface area contributed by atoms with Crippen molar-refractivity contribution in [1.82, 2.24) is 10.2 Å². The molecule has 1 aromatic heterocycles. The molecule has 0 radical (unpaired) electrons. The first-order valence-corrected chi connectivity index (χ1v) is 7.30. The van der Waals surface area contributed by atoms with Gasteiger partial charge in [0.15, 0.2) is 0 Å². The maximum absolute atomic E-state index is 12.9. The summed E-state index contributed by atoms with van der Waals surface area (Å²) in [5.41, 5.74) is 2.31. The molecule has 0 spiro atoms. The van der Waals surface area contributed by atoms with Crippen LogP contribution in [0.15, 0.2) is 34.7 Å². The van der Waals surface area contributed by atoms with Crippen LogP contribution in [0.2, 0.25) is 0 Å². The van der Waals surface area contributed by atoms with Gasteiger partial charge in [-0.2, -0.15) is 0 Å². The normalized spacial score (nSPS) is 11.3. The maximum Gasteiger partial charge on any atom is 0.123 e. The highest BCUT2D eigenvalue weighted by molar-refractivity contribution is 5.21. The molecule has 1 aromatic carbocycles. The molecule has 114 valence electrons. The number of benzene rings is 1. The lowest BCUT2D eigenvalue weighted by molar-refractivity contribution is 0.316. The lowest BCUT2D eigenvalue weighted by atomic mass is 10.2. The molecule has 0 unspecified atom stereocenters. The second kappa shape index (κ2) is 7.38. The van der Waals surface area contributed by atoms with Crippen molar-refractivity contribution in [1.29, 1.82) is 0 Å². The average Bonchev–Trinajstić information content (AvgIpc) is 2.79. The van der Waals surface area contributed by atoms with Crippen LogP contribution in [-0.4, -0.2) is 18.5 Å². The minimum Gasteiger partial charge on any atom is -0.465 e. The van der Waals surface area contributed by atoms with Gasteiger partial charge in [0.25, 0.3) is 0 Å². The topological polar surface area (TPSA) is 28.4 Å². The Bertz CT molecular complexity index is 563. The van der Waals surface area contributed by atoms with Gasteiger partial charge >= 0.3 is 0 Å². The van der Waals surface area contributed by atoms with Gasteiger partial charge in [0.1, 0.15) is 17.3 Å². The highest BCUT2D eigenvalue weighted by Crippen LogP contribution is 2.17. The van der Waals surface area contributed by atoms with Crippen molar-refractivity contribution in [2.24, 2.45) is 0 Å². The molecule has 21 heavy (non-hydrogen) atoms. The molecule has 0 aliphatic carbocycles. The third-order valence-electron chi connectivity index (χ3n) is 3.43. The van der Waals surface area contributed by atoms with E-state index in [9.17, 15) is 4.39 Å². The summed E-state index contributed by atoms with van der Waals surface area (Å²) in [6.07, 6.45) is 0. The lowest BCUT2D eigenvalue weighted by Gasteiger charge is -2.16. The zero-order valence-electron chi connectivity index (χ0n) is 12.9. The largest absolute Gasteiger partial charge is 0.465 e. The number of furan rings is 1. The molecule has 0 saturated heterocycles. The van der Waals surface area contributed by atoms with Crippen molar-refractivity contribution in [2.75, 3.05) is 13.6 Å². The predicted octanol–water partition coefficient (Wildman–Crippen LogP) is 3.47. The number of rotatable bonds is 7. The summed E-state index contributed by atoms with van der Waals surface area (Å²) in [7, 11) is 2.06. The van der Waals surface area contributed by atoms with E-state index in [0.29, 0.717) is 0 Å². The fourth-order valence-corrected chi connectivity index (χ4v) is 2.33. The Morgan fingerprint density at radius 2 is 1.90 bits per heavy atom. The zero-order valence-corrected chi connectivity index (χ0v) is 12.9. The van der Waals surface area contributed by atoms with Gasteiger partial charge in [-0.15, -0.1) is 0 Å². The van der Waals surface area contributed by atoms with Gasteiger partial charge < -0.3 is 9.73 Å². The van der Waals surface area contributed by atoms with Crippen molar-refractivity contribution in [3.8, 4) is 0 Å². The molecule has 1 heterocycles. The molecular weight excluding hydrogens is 267 g/mol. The predicted molar refractivity (Wildman–Crippen MR) is 82.4 cm³/mol. The summed E-state index contributed by atoms with van der Waals surface area (Å²) in [6, 6.07) is 8.76. The van der Waals surface area contributed by atoms with Crippen LogP contribution in [0.5, 0.6) is 0 Å². The van der Waals surface area contributed by atoms with E-state index in [-0.39, 0.29) is 5.82 Å². The van der Waals surface area contributed by atoms with Crippen LogP contribution in [0, 0.1) is 12.7 Å². The van der Waals surface area contributed by atoms with Crippen molar-refractivity contribution in [3.63, 3.8) is 0 Å². The Balaban J connectivity index is 1.94. The molecule has 4 heteroatoms. The van der Waals surface area contributed by atoms with E-state index in [2.05, 4.69) is 30.3 Å². The Kier molecular flexibility index (Phi) is 5.53. The van der Waals surface area contributed by atoms with Gasteiger partial charge in [0.05, 0.1) is 6.54 Å². The lowest BCUT2D eigenvalue weighted by Crippen LogP contribution is -2.17. The molecule has 0 atom stereocenters. The van der Waals surface area contributed by atoms with Crippen molar-refractivity contribution in [2.45, 2.75) is 33.5 Å². The smallest absolute Gasteiger partial charge is 0.123 e. The molecule has 1 N–H and O–H groups in total. The minimum atomic E-state index is -0.194. The highest BCUT2D eigenvalue weighted by atomic mass is 19.1. The standard InChI is InChI=1S/C17H23FN2O/c1-4-19-10-17-9-15(13(2)21-17)12-20(3)11-14-5-7-16(18)8-6-14/h5-9,19H,4,10-12H2,1-3H3. The van der Waals surface area contributed by atoms with Crippen molar-refractivity contribution in [3.05, 3.63) is 58.8 Å². The van der Waals surface area contributed by atoms with Crippen LogP contribution in [-0.2, 0) is 19.6 Å². The molecule has 0 fully saturated rings. The minimum absolute atomic E-state index is 0.194. The number of nitrogens with one attached hydrogen (secondary N) is 1. The third kappa shape index (κ3) is 4.69. The maximum atomic E-state index is 12.9. The Morgan fingerprint density at radius 3 is 2.57 bits per heavy atom. The summed E-state index contributed by atoms with van der Waals surface area (Å²) < 4.78 is 18.6. The summed E-state index contributed by atoms with van der Waals surface area (Å²) in [5.74, 6) is 1.74. The molecule has 3 nitrogen and oxygen atoms in total. The van der Waals surface area contributed by atoms with Gasteiger partial charge in [-0.3, -0.25) is 4.90 Å². The van der Waals surface area contributed by atoms with E-state index in [0.717, 1.165) is 43.3 Å². The first kappa shape index (κ1) is 15.7. The van der Waals surface area contributed by atoms with E-state index in [1.165, 1.54) is 17.7 Å². The fraction of sp³-hybridized carbons (Fsp3) is 0.412. The van der Waals surface area contributed by atoms with Gasteiger partial charge in [0.2, 0.25) is 0 Å². The molecule has 0 aliphatic heterocycles. The Morgan fingerprint density at radius 1 is 1.19 bits per heavy atom. The number of nitrogens with zero attached hydrogens (tertiary/aromatic N) is 1. The zero-order chi connectivity index (χ0) is 15.2. The third-order valence-corrected chi connectivity index (χ3v) is 3.43. The van der Waals surface area contributed by atoms with Crippen molar-refractivity contribution < 1.29 is 8.81 Å². The summed E-state index contributed by atoms with van der Waals surface area (Å²) in [5, 5.41) is 3.26. The molecule has 0 bridgehead atoms. The molecule has 2 aromatic rings. The SMILES string of the molecule is CCNCc1cc(CN(C)Cc2ccc(F)cc2)c(C)o1. The van der Waals surface area contributed by atoms with Gasteiger partial charge in [-0.1, -0.05) is 19.1 Å². The van der Waals surface area contributed by atoms with E-state index in [1.807, 2.05) is 19.1 Å². The number of hydrogen-bond acceptors (Lipinski definition) is 3. The number of halogens is 1. The first-order chi connectivity index (χ1) is 10.1. The van der Waals surface area contributed by atoms with E-state index in [4.69, 9.17) is 4.42 Å². The Labute approximate surface area is 125 Å². The molecule has 2 rings (SSSR count). The number of hydrogen-bond donors (Lipinski definition) is 1. The molecule has 0 amide bonds. The van der Waals surface area contributed by atoms with Crippen molar-refractivity contribution >= 4 is 0 Å². The van der Waals surface area contributed by atoms with Crippen LogP contribution < -0.4 is 5.32 Å². The summed E-state index contributed by atoms with van der Waals surface area (Å²) in [4.78, 5) is 2.20. The van der Waals surface area contributed by atoms with Crippen LogP contribution in [0.1, 0.15) is 29.6 Å². The summed E-state index contributed by atoms with van der Waals surface area (Å²) in [6.45, 7) is 7.37. The molecular formula is C17H23FN2O. The fourth-order valence-electron chi connectivity index (χ4n) is 2.33. The Hall–Kier alpha value is -1.65. The van der Waals surface area contributed by atoms with Gasteiger partial charge in [-0.25, -0.2) is 4.39 Å². The van der Waals surface area contributed by atoms with Crippen LogP contribution in [0.25, 0.3) is 0 Å². The second-order valence-corrected chi connectivity index (χ2v) is 5.37. The van der Waals surface area contributed by atoms with Crippen LogP contribution in [0.4, 0.5) is 4.39 Å².